The lowest BCUT2D eigenvalue weighted by molar-refractivity contribution is -0.127. The van der Waals surface area contributed by atoms with Crippen molar-refractivity contribution in [2.75, 3.05) is 72.9 Å². The van der Waals surface area contributed by atoms with Crippen LogP contribution in [0.3, 0.4) is 0 Å². The molecule has 0 unspecified atom stereocenters. The van der Waals surface area contributed by atoms with Gasteiger partial charge in [0.05, 0.1) is 31.5 Å². The Morgan fingerprint density at radius 3 is 2.27 bits per heavy atom. The minimum Gasteiger partial charge on any atom is -0.493 e. The molecule has 1 aliphatic heterocycles. The number of hydrogen-bond acceptors (Lipinski definition) is 10. The van der Waals surface area contributed by atoms with E-state index in [2.05, 4.69) is 15.5 Å². The van der Waals surface area contributed by atoms with Crippen LogP contribution in [0, 0.1) is 23.7 Å². The molecule has 1 aromatic rings. The van der Waals surface area contributed by atoms with E-state index in [0.29, 0.717) is 63.0 Å². The Morgan fingerprint density at radius 2 is 1.65 bits per heavy atom. The summed E-state index contributed by atoms with van der Waals surface area (Å²) < 4.78 is 21.8. The Kier molecular flexibility index (Phi) is 24.3. The van der Waals surface area contributed by atoms with Crippen molar-refractivity contribution in [3.05, 3.63) is 23.8 Å². The van der Waals surface area contributed by atoms with E-state index < -0.39 is 18.1 Å². The molecule has 1 aliphatic rings. The van der Waals surface area contributed by atoms with Gasteiger partial charge < -0.3 is 46.2 Å². The third kappa shape index (κ3) is 17.9. The molecule has 4 atom stereocenters. The number of halogens is 2. The molecule has 0 saturated carbocycles. The van der Waals surface area contributed by atoms with Crippen molar-refractivity contribution in [2.45, 2.75) is 65.5 Å². The second kappa shape index (κ2) is 25.5. The maximum atomic E-state index is 13.3. The van der Waals surface area contributed by atoms with Crippen molar-refractivity contribution in [3.63, 3.8) is 0 Å². The average molecular weight is 739 g/mol. The summed E-state index contributed by atoms with van der Waals surface area (Å²) in [6.07, 6.45) is 1.37. The highest BCUT2D eigenvalue weighted by Crippen LogP contribution is 2.27. The summed E-state index contributed by atoms with van der Waals surface area (Å²) in [5.41, 5.74) is 12.0. The molecule has 0 bridgehead atoms. The minimum absolute atomic E-state index is 0. The molecule has 3 amide bonds. The number of unbranched alkanes of at least 4 members (excludes halogenated alkanes) is 1. The molecule has 7 N–H and O–H groups in total. The molecular formula is C34H61Cl2N5O8. The van der Waals surface area contributed by atoms with E-state index in [9.17, 15) is 19.5 Å². The van der Waals surface area contributed by atoms with Crippen LogP contribution in [0.2, 0.25) is 0 Å². The highest BCUT2D eigenvalue weighted by molar-refractivity contribution is 5.97. The maximum Gasteiger partial charge on any atom is 0.255 e. The van der Waals surface area contributed by atoms with E-state index in [1.807, 2.05) is 27.7 Å². The van der Waals surface area contributed by atoms with Gasteiger partial charge in [-0.3, -0.25) is 19.3 Å². The Labute approximate surface area is 304 Å². The van der Waals surface area contributed by atoms with Crippen molar-refractivity contribution >= 4 is 42.5 Å². The zero-order valence-corrected chi connectivity index (χ0v) is 31.5. The number of primary amides is 1. The molecule has 0 aliphatic carbocycles. The van der Waals surface area contributed by atoms with Crippen molar-refractivity contribution < 1.29 is 38.4 Å². The van der Waals surface area contributed by atoms with Gasteiger partial charge in [0.15, 0.2) is 6.61 Å². The predicted molar refractivity (Wildman–Crippen MR) is 195 cm³/mol. The number of benzene rings is 1. The second-order valence-electron chi connectivity index (χ2n) is 13.0. The molecule has 1 saturated heterocycles. The molecule has 15 heteroatoms. The van der Waals surface area contributed by atoms with E-state index in [1.165, 1.54) is 0 Å². The van der Waals surface area contributed by atoms with Gasteiger partial charge in [0.25, 0.3) is 11.8 Å². The van der Waals surface area contributed by atoms with E-state index in [1.54, 1.807) is 25.3 Å². The molecule has 284 valence electrons. The Balaban J connectivity index is 0.0000115. The lowest BCUT2D eigenvalue weighted by atomic mass is 9.83. The monoisotopic (exact) mass is 737 g/mol. The molecule has 2 rings (SSSR count). The molecule has 0 radical (unpaired) electrons. The van der Waals surface area contributed by atoms with Crippen LogP contribution in [-0.4, -0.2) is 113 Å². The van der Waals surface area contributed by atoms with Crippen LogP contribution in [0.25, 0.3) is 0 Å². The molecule has 49 heavy (non-hydrogen) atoms. The van der Waals surface area contributed by atoms with E-state index in [4.69, 9.17) is 30.4 Å². The third-order valence-electron chi connectivity index (χ3n) is 8.58. The van der Waals surface area contributed by atoms with Crippen LogP contribution in [-0.2, 0) is 19.1 Å². The second-order valence-corrected chi connectivity index (χ2v) is 13.0. The van der Waals surface area contributed by atoms with Crippen molar-refractivity contribution in [1.82, 2.24) is 15.5 Å². The van der Waals surface area contributed by atoms with Gasteiger partial charge in [0.2, 0.25) is 5.91 Å². The van der Waals surface area contributed by atoms with Crippen LogP contribution in [0.4, 0.5) is 0 Å². The molecule has 0 aromatic heterocycles. The first-order valence-corrected chi connectivity index (χ1v) is 16.9. The predicted octanol–water partition coefficient (Wildman–Crippen LogP) is 2.39. The first kappa shape index (κ1) is 46.6. The summed E-state index contributed by atoms with van der Waals surface area (Å²) in [4.78, 5) is 39.8. The number of ether oxygens (including phenoxy) is 4. The quantitative estimate of drug-likeness (QED) is 0.104. The largest absolute Gasteiger partial charge is 0.493 e. The standard InChI is InChI=1S/C34H59N5O8.2ClH/c1-23(2)25(18-29(35)30(40)20-28(24(3)4)34(43)37-10-11-39-12-16-45-17-13-39)21-38-33(42)27-9-8-26(47-22-32(36)41)19-31(27)46-15-7-6-14-44-5;;/h8-9,19,23-25,28-30,40H,6-7,10-18,20-22,35H2,1-5H3,(H2,36,41)(H,37,43)(H,38,42);2*1H/t25-,28+,29+,30+;;/m1../s1. The van der Waals surface area contributed by atoms with Crippen LogP contribution in [0.1, 0.15) is 63.7 Å². The lowest BCUT2D eigenvalue weighted by Crippen LogP contribution is -2.45. The molecule has 13 nitrogen and oxygen atoms in total. The summed E-state index contributed by atoms with van der Waals surface area (Å²) in [7, 11) is 1.64. The van der Waals surface area contributed by atoms with Gasteiger partial charge in [-0.2, -0.15) is 0 Å². The highest BCUT2D eigenvalue weighted by Gasteiger charge is 2.30. The molecule has 1 heterocycles. The highest BCUT2D eigenvalue weighted by atomic mass is 35.5. The van der Waals surface area contributed by atoms with Crippen LogP contribution < -0.4 is 31.6 Å². The lowest BCUT2D eigenvalue weighted by Gasteiger charge is -2.30. The average Bonchev–Trinajstić information content (AvgIpc) is 3.04. The van der Waals surface area contributed by atoms with Gasteiger partial charge >= 0.3 is 0 Å². The van der Waals surface area contributed by atoms with Gasteiger partial charge in [-0.25, -0.2) is 0 Å². The molecule has 0 spiro atoms. The Bertz CT molecular complexity index is 1090. The molecular weight excluding hydrogens is 677 g/mol. The fraction of sp³-hybridized carbons (Fsp3) is 0.735. The zero-order chi connectivity index (χ0) is 34.8. The number of hydrogen-bond donors (Lipinski definition) is 5. The van der Waals surface area contributed by atoms with Gasteiger partial charge in [-0.1, -0.05) is 27.7 Å². The number of amides is 3. The van der Waals surface area contributed by atoms with Crippen LogP contribution >= 0.6 is 24.8 Å². The Hall–Kier alpha value is -2.39. The number of nitrogens with one attached hydrogen (secondary N) is 2. The summed E-state index contributed by atoms with van der Waals surface area (Å²) >= 11 is 0. The normalized spacial score (nSPS) is 15.7. The van der Waals surface area contributed by atoms with E-state index in [-0.39, 0.29) is 73.3 Å². The number of carbonyl (C=O) groups excluding carboxylic acids is 3. The number of morpholine rings is 1. The van der Waals surface area contributed by atoms with Gasteiger partial charge in [-0.05, 0) is 55.6 Å². The summed E-state index contributed by atoms with van der Waals surface area (Å²) in [6, 6.07) is 4.18. The van der Waals surface area contributed by atoms with Crippen LogP contribution in [0.5, 0.6) is 11.5 Å². The summed E-state index contributed by atoms with van der Waals surface area (Å²) in [5, 5.41) is 17.1. The van der Waals surface area contributed by atoms with Gasteiger partial charge in [0.1, 0.15) is 11.5 Å². The molecule has 1 fully saturated rings. The van der Waals surface area contributed by atoms with Crippen molar-refractivity contribution in [1.29, 1.82) is 0 Å². The number of nitrogens with two attached hydrogens (primary N) is 2. The number of rotatable bonds is 23. The smallest absolute Gasteiger partial charge is 0.255 e. The first-order chi connectivity index (χ1) is 22.4. The number of methoxy groups -OCH3 is 1. The van der Waals surface area contributed by atoms with E-state index in [0.717, 1.165) is 32.5 Å². The Morgan fingerprint density at radius 1 is 0.980 bits per heavy atom. The summed E-state index contributed by atoms with van der Waals surface area (Å²) in [5.74, 6) is -0.527. The topological polar surface area (TPSA) is 188 Å². The fourth-order valence-corrected chi connectivity index (χ4v) is 5.41. The first-order valence-electron chi connectivity index (χ1n) is 16.9. The number of aliphatic hydroxyl groups excluding tert-OH is 1. The fourth-order valence-electron chi connectivity index (χ4n) is 5.41. The van der Waals surface area contributed by atoms with Crippen molar-refractivity contribution in [2.24, 2.45) is 35.1 Å². The third-order valence-corrected chi connectivity index (χ3v) is 8.58. The maximum absolute atomic E-state index is 13.3. The van der Waals surface area contributed by atoms with Gasteiger partial charge in [0, 0.05) is 64.5 Å². The SMILES string of the molecule is COCCCCOc1cc(OCC(N)=O)ccc1C(=O)NC[C@@H](C[C@H](N)[C@@H](O)C[C@H](C(=O)NCCN1CCOCC1)C(C)C)C(C)C.Cl.Cl. The van der Waals surface area contributed by atoms with Crippen molar-refractivity contribution in [3.8, 4) is 11.5 Å². The van der Waals surface area contributed by atoms with E-state index >= 15 is 0 Å². The zero-order valence-electron chi connectivity index (χ0n) is 29.8. The van der Waals surface area contributed by atoms with Crippen LogP contribution in [0.15, 0.2) is 18.2 Å². The minimum atomic E-state index is -0.879. The summed E-state index contributed by atoms with van der Waals surface area (Å²) in [6.45, 7) is 13.5. The number of aliphatic hydroxyl groups is 1. The number of nitrogens with zero attached hydrogens (tertiary/aromatic N) is 1. The molecule has 1 aromatic carbocycles. The van der Waals surface area contributed by atoms with Gasteiger partial charge in [-0.15, -0.1) is 24.8 Å². The number of carbonyl (C=O) groups is 3.